The Kier molecular flexibility index (Phi) is 3.17. The van der Waals surface area contributed by atoms with Gasteiger partial charge in [0.05, 0.1) is 0 Å². The number of nitrogens with two attached hydrogens (primary N) is 1. The lowest BCUT2D eigenvalue weighted by molar-refractivity contribution is 0.292. The first kappa shape index (κ1) is 12.8. The monoisotopic (exact) mass is 259 g/mol. The third-order valence-corrected chi connectivity index (χ3v) is 3.85. The number of hydrogen-bond acceptors (Lipinski definition) is 1. The van der Waals surface area contributed by atoms with Crippen LogP contribution < -0.4 is 5.73 Å². The Labute approximate surface area is 105 Å². The van der Waals surface area contributed by atoms with Crippen LogP contribution in [0.4, 0.5) is 8.78 Å². The Balaban J connectivity index is 2.59. The largest absolute Gasteiger partial charge is 0.324 e. The van der Waals surface area contributed by atoms with Crippen LogP contribution in [0.25, 0.3) is 0 Å². The maximum Gasteiger partial charge on any atom is 0.163 e. The van der Waals surface area contributed by atoms with Crippen LogP contribution in [0.15, 0.2) is 6.07 Å². The summed E-state index contributed by atoms with van der Waals surface area (Å²) in [4.78, 5) is 0. The summed E-state index contributed by atoms with van der Waals surface area (Å²) in [7, 11) is 0. The van der Waals surface area contributed by atoms with E-state index < -0.39 is 17.7 Å². The van der Waals surface area contributed by atoms with Crippen LogP contribution >= 0.6 is 11.6 Å². The van der Waals surface area contributed by atoms with Crippen molar-refractivity contribution in [3.05, 3.63) is 33.9 Å². The smallest absolute Gasteiger partial charge is 0.163 e. The van der Waals surface area contributed by atoms with Crippen LogP contribution in [0.1, 0.15) is 43.9 Å². The number of fused-ring (bicyclic) bond motifs is 1. The second kappa shape index (κ2) is 4.21. The summed E-state index contributed by atoms with van der Waals surface area (Å²) < 4.78 is 27.2. The standard InChI is InChI=1S/C13H16ClF2N/c1-13(2)4-3-7-8(14)5-9(15)12(16)11(7)10(17)6-13/h5,10H,3-4,6,17H2,1-2H3. The van der Waals surface area contributed by atoms with Gasteiger partial charge < -0.3 is 5.73 Å². The molecule has 2 N–H and O–H groups in total. The van der Waals surface area contributed by atoms with Gasteiger partial charge in [-0.25, -0.2) is 8.78 Å². The lowest BCUT2D eigenvalue weighted by Gasteiger charge is -2.24. The molecule has 0 saturated heterocycles. The topological polar surface area (TPSA) is 26.0 Å². The van der Waals surface area contributed by atoms with Gasteiger partial charge in [-0.15, -0.1) is 0 Å². The first-order valence-electron chi connectivity index (χ1n) is 5.74. The maximum absolute atomic E-state index is 13.8. The van der Waals surface area contributed by atoms with Gasteiger partial charge >= 0.3 is 0 Å². The molecule has 0 fully saturated rings. The molecule has 1 atom stereocenters. The fraction of sp³-hybridized carbons (Fsp3) is 0.538. The van der Waals surface area contributed by atoms with Crippen molar-refractivity contribution in [2.24, 2.45) is 11.1 Å². The Morgan fingerprint density at radius 1 is 1.41 bits per heavy atom. The Morgan fingerprint density at radius 3 is 2.71 bits per heavy atom. The van der Waals surface area contributed by atoms with Gasteiger partial charge in [-0.05, 0) is 36.3 Å². The molecule has 94 valence electrons. The average Bonchev–Trinajstić information content (AvgIpc) is 2.31. The number of halogens is 3. The van der Waals surface area contributed by atoms with E-state index in [1.807, 2.05) is 0 Å². The predicted molar refractivity (Wildman–Crippen MR) is 65.0 cm³/mol. The van der Waals surface area contributed by atoms with Crippen molar-refractivity contribution < 1.29 is 8.78 Å². The zero-order valence-corrected chi connectivity index (χ0v) is 10.7. The highest BCUT2D eigenvalue weighted by Crippen LogP contribution is 2.41. The molecule has 4 heteroatoms. The molecule has 1 aliphatic carbocycles. The quantitative estimate of drug-likeness (QED) is 0.553. The fourth-order valence-electron chi connectivity index (χ4n) is 2.55. The molecule has 1 aliphatic rings. The van der Waals surface area contributed by atoms with Gasteiger partial charge in [-0.2, -0.15) is 0 Å². The first-order chi connectivity index (χ1) is 7.82. The molecule has 1 aromatic carbocycles. The van der Waals surface area contributed by atoms with E-state index in [0.717, 1.165) is 12.5 Å². The van der Waals surface area contributed by atoms with E-state index in [9.17, 15) is 8.78 Å². The fourth-order valence-corrected chi connectivity index (χ4v) is 2.85. The molecule has 0 aromatic heterocycles. The van der Waals surface area contributed by atoms with E-state index in [0.29, 0.717) is 18.4 Å². The van der Waals surface area contributed by atoms with Crippen molar-refractivity contribution >= 4 is 11.6 Å². The maximum atomic E-state index is 13.8. The normalized spacial score (nSPS) is 23.1. The average molecular weight is 260 g/mol. The van der Waals surface area contributed by atoms with Crippen molar-refractivity contribution in [1.29, 1.82) is 0 Å². The minimum atomic E-state index is -0.913. The molecule has 0 heterocycles. The Morgan fingerprint density at radius 2 is 2.06 bits per heavy atom. The minimum absolute atomic E-state index is 0.0185. The van der Waals surface area contributed by atoms with E-state index in [1.165, 1.54) is 0 Å². The first-order valence-corrected chi connectivity index (χ1v) is 6.11. The van der Waals surface area contributed by atoms with Crippen molar-refractivity contribution in [2.45, 2.75) is 39.2 Å². The van der Waals surface area contributed by atoms with Gasteiger partial charge in [-0.3, -0.25) is 0 Å². The third-order valence-electron chi connectivity index (χ3n) is 3.51. The molecular weight excluding hydrogens is 244 g/mol. The molecule has 17 heavy (non-hydrogen) atoms. The summed E-state index contributed by atoms with van der Waals surface area (Å²) in [6, 6.07) is 0.552. The van der Waals surface area contributed by atoms with Gasteiger partial charge in [0.25, 0.3) is 0 Å². The Bertz CT molecular complexity index is 457. The molecule has 0 saturated carbocycles. The van der Waals surface area contributed by atoms with Gasteiger partial charge in [0.1, 0.15) is 0 Å². The molecule has 1 nitrogen and oxygen atoms in total. The molecule has 0 bridgehead atoms. The van der Waals surface area contributed by atoms with Crippen molar-refractivity contribution in [3.63, 3.8) is 0 Å². The summed E-state index contributed by atoms with van der Waals surface area (Å²) in [6.07, 6.45) is 2.15. The van der Waals surface area contributed by atoms with Gasteiger partial charge in [0.15, 0.2) is 11.6 Å². The van der Waals surface area contributed by atoms with Crippen LogP contribution in [-0.2, 0) is 6.42 Å². The summed E-state index contributed by atoms with van der Waals surface area (Å²) in [5.41, 5.74) is 6.95. The van der Waals surface area contributed by atoms with Crippen LogP contribution in [0.3, 0.4) is 0 Å². The summed E-state index contributed by atoms with van der Waals surface area (Å²) >= 11 is 5.99. The zero-order valence-electron chi connectivity index (χ0n) is 9.99. The van der Waals surface area contributed by atoms with Crippen LogP contribution in [0.2, 0.25) is 5.02 Å². The second-order valence-corrected chi connectivity index (χ2v) is 5.93. The van der Waals surface area contributed by atoms with Gasteiger partial charge in [0, 0.05) is 16.6 Å². The Hall–Kier alpha value is -0.670. The predicted octanol–water partition coefficient (Wildman–Crippen LogP) is 3.98. The lowest BCUT2D eigenvalue weighted by Crippen LogP contribution is -2.20. The molecule has 2 rings (SSSR count). The molecule has 1 aromatic rings. The molecule has 1 unspecified atom stereocenters. The highest BCUT2D eigenvalue weighted by Gasteiger charge is 2.31. The minimum Gasteiger partial charge on any atom is -0.324 e. The van der Waals surface area contributed by atoms with Crippen molar-refractivity contribution in [1.82, 2.24) is 0 Å². The summed E-state index contributed by atoms with van der Waals surface area (Å²) in [6.45, 7) is 4.17. The number of benzene rings is 1. The van der Waals surface area contributed by atoms with Crippen LogP contribution in [-0.4, -0.2) is 0 Å². The summed E-state index contributed by atoms with van der Waals surface area (Å²) in [5, 5.41) is 0.284. The van der Waals surface area contributed by atoms with Crippen molar-refractivity contribution in [2.75, 3.05) is 0 Å². The lowest BCUT2D eigenvalue weighted by atomic mass is 9.83. The van der Waals surface area contributed by atoms with E-state index in [1.54, 1.807) is 0 Å². The van der Waals surface area contributed by atoms with Crippen molar-refractivity contribution in [3.8, 4) is 0 Å². The SMILES string of the molecule is CC1(C)CCc2c(Cl)cc(F)c(F)c2C(N)C1. The third kappa shape index (κ3) is 2.31. The molecule has 0 aliphatic heterocycles. The van der Waals surface area contributed by atoms with Gasteiger partial charge in [0.2, 0.25) is 0 Å². The highest BCUT2D eigenvalue weighted by molar-refractivity contribution is 6.31. The number of rotatable bonds is 0. The van der Waals surface area contributed by atoms with Crippen LogP contribution in [0.5, 0.6) is 0 Å². The molecule has 0 spiro atoms. The molecule has 0 amide bonds. The van der Waals surface area contributed by atoms with E-state index in [4.69, 9.17) is 17.3 Å². The molecular formula is C13H16ClF2N. The van der Waals surface area contributed by atoms with E-state index in [2.05, 4.69) is 13.8 Å². The summed E-state index contributed by atoms with van der Waals surface area (Å²) in [5.74, 6) is -1.75. The van der Waals surface area contributed by atoms with E-state index >= 15 is 0 Å². The van der Waals surface area contributed by atoms with Gasteiger partial charge in [-0.1, -0.05) is 25.4 Å². The molecule has 0 radical (unpaired) electrons. The second-order valence-electron chi connectivity index (χ2n) is 5.52. The zero-order chi connectivity index (χ0) is 12.8. The van der Waals surface area contributed by atoms with E-state index in [-0.39, 0.29) is 16.0 Å². The highest BCUT2D eigenvalue weighted by atomic mass is 35.5. The van der Waals surface area contributed by atoms with Crippen LogP contribution in [0, 0.1) is 17.0 Å². The number of hydrogen-bond donors (Lipinski definition) is 1.